The first kappa shape index (κ1) is 20.7. The van der Waals surface area contributed by atoms with Gasteiger partial charge in [-0.2, -0.15) is 13.2 Å². The van der Waals surface area contributed by atoms with E-state index >= 15 is 0 Å². The minimum absolute atomic E-state index is 0.00888. The first-order chi connectivity index (χ1) is 13.7. The van der Waals surface area contributed by atoms with Gasteiger partial charge >= 0.3 is 6.18 Å². The highest BCUT2D eigenvalue weighted by Gasteiger charge is 2.34. The summed E-state index contributed by atoms with van der Waals surface area (Å²) in [4.78, 5) is 13.5. The first-order valence-electron chi connectivity index (χ1n) is 8.58. The van der Waals surface area contributed by atoms with E-state index in [1.807, 2.05) is 31.2 Å². The molecular weight excluding hydrogens is 407 g/mol. The summed E-state index contributed by atoms with van der Waals surface area (Å²) in [6, 6.07) is 11.2. The van der Waals surface area contributed by atoms with Crippen molar-refractivity contribution < 1.29 is 22.7 Å². The molecule has 0 bridgehead atoms. The molecule has 0 saturated carbocycles. The number of alkyl halides is 3. The topological polar surface area (TPSA) is 47.1 Å². The SMILES string of the molecule is COc1cn(Cc2ccccc2C)[n+](Nc2cccc(C(F)(F)F)c2Cl)cc1=O. The van der Waals surface area contributed by atoms with Crippen molar-refractivity contribution in [2.24, 2.45) is 0 Å². The van der Waals surface area contributed by atoms with Gasteiger partial charge in [0.05, 0.1) is 17.7 Å². The lowest BCUT2D eigenvalue weighted by molar-refractivity contribution is -0.732. The minimum atomic E-state index is -4.60. The Bertz CT molecular complexity index is 1100. The van der Waals surface area contributed by atoms with Crippen molar-refractivity contribution in [2.45, 2.75) is 19.6 Å². The van der Waals surface area contributed by atoms with Crippen LogP contribution in [0.5, 0.6) is 5.75 Å². The Morgan fingerprint density at radius 2 is 1.90 bits per heavy atom. The molecule has 152 valence electrons. The van der Waals surface area contributed by atoms with E-state index < -0.39 is 22.2 Å². The molecular formula is C20H18ClF3N3O2+. The van der Waals surface area contributed by atoms with Crippen molar-refractivity contribution in [2.75, 3.05) is 12.5 Å². The van der Waals surface area contributed by atoms with Gasteiger partial charge in [-0.15, -0.1) is 10.1 Å². The molecule has 0 aliphatic heterocycles. The average Bonchev–Trinajstić information content (AvgIpc) is 2.66. The highest BCUT2D eigenvalue weighted by molar-refractivity contribution is 6.34. The zero-order valence-electron chi connectivity index (χ0n) is 15.6. The molecule has 1 aromatic heterocycles. The fraction of sp³-hybridized carbons (Fsp3) is 0.200. The predicted octanol–water partition coefficient (Wildman–Crippen LogP) is 4.05. The quantitative estimate of drug-likeness (QED) is 0.629. The second kappa shape index (κ2) is 8.16. The van der Waals surface area contributed by atoms with E-state index in [1.165, 1.54) is 36.4 Å². The summed E-state index contributed by atoms with van der Waals surface area (Å²) in [5.74, 6) is 0.103. The van der Waals surface area contributed by atoms with Crippen LogP contribution in [0, 0.1) is 6.92 Å². The molecule has 9 heteroatoms. The van der Waals surface area contributed by atoms with Gasteiger partial charge in [0.2, 0.25) is 0 Å². The highest BCUT2D eigenvalue weighted by atomic mass is 35.5. The summed E-state index contributed by atoms with van der Waals surface area (Å²) in [6.45, 7) is 2.28. The molecule has 0 fully saturated rings. The number of hydrogen-bond acceptors (Lipinski definition) is 3. The normalized spacial score (nSPS) is 11.4. The van der Waals surface area contributed by atoms with E-state index in [-0.39, 0.29) is 11.4 Å². The van der Waals surface area contributed by atoms with Gasteiger partial charge in [-0.1, -0.05) is 41.9 Å². The van der Waals surface area contributed by atoms with Gasteiger partial charge in [0.15, 0.2) is 5.75 Å². The van der Waals surface area contributed by atoms with Crippen LogP contribution in [0.1, 0.15) is 16.7 Å². The van der Waals surface area contributed by atoms with Gasteiger partial charge in [-0.05, 0) is 30.2 Å². The van der Waals surface area contributed by atoms with Gasteiger partial charge in [0, 0.05) is 4.79 Å². The maximum atomic E-state index is 13.2. The minimum Gasteiger partial charge on any atom is -0.491 e. The maximum absolute atomic E-state index is 13.2. The lowest BCUT2D eigenvalue weighted by atomic mass is 10.1. The number of rotatable bonds is 5. The third-order valence-electron chi connectivity index (χ3n) is 4.38. The zero-order valence-corrected chi connectivity index (χ0v) is 16.4. The van der Waals surface area contributed by atoms with Crippen LogP contribution in [-0.4, -0.2) is 11.8 Å². The van der Waals surface area contributed by atoms with E-state index in [1.54, 1.807) is 4.68 Å². The third kappa shape index (κ3) is 4.54. The van der Waals surface area contributed by atoms with Crippen molar-refractivity contribution in [3.63, 3.8) is 0 Å². The number of benzene rings is 2. The fourth-order valence-corrected chi connectivity index (χ4v) is 3.08. The smallest absolute Gasteiger partial charge is 0.417 e. The molecule has 0 amide bonds. The van der Waals surface area contributed by atoms with E-state index in [4.69, 9.17) is 16.3 Å². The Morgan fingerprint density at radius 3 is 2.55 bits per heavy atom. The predicted molar refractivity (Wildman–Crippen MR) is 103 cm³/mol. The van der Waals surface area contributed by atoms with Crippen LogP contribution in [0.4, 0.5) is 18.9 Å². The van der Waals surface area contributed by atoms with Gasteiger partial charge in [0.25, 0.3) is 11.6 Å². The molecule has 1 heterocycles. The molecule has 0 radical (unpaired) electrons. The first-order valence-corrected chi connectivity index (χ1v) is 8.96. The van der Waals surface area contributed by atoms with Crippen LogP contribution in [0.25, 0.3) is 0 Å². The van der Waals surface area contributed by atoms with E-state index in [0.29, 0.717) is 6.54 Å². The number of nitrogens with zero attached hydrogens (tertiary/aromatic N) is 2. The second-order valence-electron chi connectivity index (χ2n) is 6.34. The highest BCUT2D eigenvalue weighted by Crippen LogP contribution is 2.37. The maximum Gasteiger partial charge on any atom is 0.417 e. The summed E-state index contributed by atoms with van der Waals surface area (Å²) in [7, 11) is 1.37. The summed E-state index contributed by atoms with van der Waals surface area (Å²) >= 11 is 5.97. The molecule has 3 rings (SSSR count). The summed E-state index contributed by atoms with van der Waals surface area (Å²) in [5.41, 5.74) is 3.36. The molecule has 29 heavy (non-hydrogen) atoms. The van der Waals surface area contributed by atoms with Crippen molar-refractivity contribution >= 4 is 17.3 Å². The van der Waals surface area contributed by atoms with E-state index in [9.17, 15) is 18.0 Å². The summed E-state index contributed by atoms with van der Waals surface area (Å²) in [6.07, 6.45) is -1.93. The van der Waals surface area contributed by atoms with Crippen LogP contribution in [0.15, 0.2) is 59.7 Å². The molecule has 5 nitrogen and oxygen atoms in total. The van der Waals surface area contributed by atoms with Crippen LogP contribution in [0.2, 0.25) is 5.02 Å². The van der Waals surface area contributed by atoms with Crippen molar-refractivity contribution in [3.8, 4) is 5.75 Å². The number of aryl methyl sites for hydroxylation is 1. The van der Waals surface area contributed by atoms with Crippen LogP contribution in [0.3, 0.4) is 0 Å². The van der Waals surface area contributed by atoms with E-state index in [2.05, 4.69) is 5.43 Å². The van der Waals surface area contributed by atoms with Gasteiger partial charge in [0.1, 0.15) is 18.4 Å². The molecule has 0 unspecified atom stereocenters. The lowest BCUT2D eigenvalue weighted by Crippen LogP contribution is -2.54. The summed E-state index contributed by atoms with van der Waals surface area (Å²) in [5, 5.41) is -0.488. The molecule has 0 atom stereocenters. The fourth-order valence-electron chi connectivity index (χ4n) is 2.80. The van der Waals surface area contributed by atoms with Gasteiger partial charge in [-0.25, -0.2) is 0 Å². The number of methoxy groups -OCH3 is 1. The number of hydrogen-bond donors (Lipinski definition) is 1. The number of nitrogens with one attached hydrogen (secondary N) is 1. The lowest BCUT2D eigenvalue weighted by Gasteiger charge is -2.13. The van der Waals surface area contributed by atoms with Crippen LogP contribution < -0.4 is 20.4 Å². The second-order valence-corrected chi connectivity index (χ2v) is 6.71. The van der Waals surface area contributed by atoms with Crippen molar-refractivity contribution in [1.29, 1.82) is 0 Å². The number of ether oxygens (including phenoxy) is 1. The number of halogens is 4. The van der Waals surface area contributed by atoms with Crippen molar-refractivity contribution in [3.05, 3.63) is 86.8 Å². The Hall–Kier alpha value is -3.00. The van der Waals surface area contributed by atoms with E-state index in [0.717, 1.165) is 17.2 Å². The Labute approximate surface area is 169 Å². The molecule has 1 N–H and O–H groups in total. The van der Waals surface area contributed by atoms with Gasteiger partial charge in [-0.3, -0.25) is 4.79 Å². The Kier molecular flexibility index (Phi) is 5.83. The average molecular weight is 425 g/mol. The Morgan fingerprint density at radius 1 is 1.17 bits per heavy atom. The zero-order chi connectivity index (χ0) is 21.2. The van der Waals surface area contributed by atoms with Crippen molar-refractivity contribution in [1.82, 2.24) is 4.68 Å². The molecule has 0 saturated heterocycles. The molecule has 3 aromatic rings. The molecule has 0 aliphatic rings. The molecule has 2 aromatic carbocycles. The summed E-state index contributed by atoms with van der Waals surface area (Å²) < 4.78 is 46.2. The van der Waals surface area contributed by atoms with Crippen LogP contribution in [-0.2, 0) is 12.7 Å². The number of aromatic nitrogens is 2. The monoisotopic (exact) mass is 424 g/mol. The van der Waals surface area contributed by atoms with Gasteiger partial charge < -0.3 is 4.74 Å². The molecule has 0 spiro atoms. The largest absolute Gasteiger partial charge is 0.491 e. The number of anilines is 1. The third-order valence-corrected chi connectivity index (χ3v) is 4.79. The standard InChI is InChI=1S/C20H17ClF3N3O2/c1-13-6-3-4-7-14(13)10-26-12-18(29-2)17(28)11-27(26)25-16-9-5-8-15(19(16)21)20(22,23)24/h3-9,11-12H,10H2,1-2H3/p+1. The van der Waals surface area contributed by atoms with Crippen LogP contribution >= 0.6 is 11.6 Å². The molecule has 0 aliphatic carbocycles. The Balaban J connectivity index is 2.07.